The molecule has 6 heteroatoms. The average Bonchev–Trinajstić information content (AvgIpc) is 2.25. The van der Waals surface area contributed by atoms with Gasteiger partial charge in [-0.3, -0.25) is 10.1 Å². The Morgan fingerprint density at radius 2 is 1.94 bits per heavy atom. The highest BCUT2D eigenvalue weighted by Crippen LogP contribution is 2.28. The third kappa shape index (κ3) is 4.57. The van der Waals surface area contributed by atoms with Gasteiger partial charge in [0.2, 0.25) is 0 Å². The molecule has 1 rings (SSSR count). The van der Waals surface area contributed by atoms with Gasteiger partial charge >= 0.3 is 12.0 Å². The molecule has 0 aliphatic carbocycles. The van der Waals surface area contributed by atoms with Crippen LogP contribution in [0.5, 0.6) is 0 Å². The van der Waals surface area contributed by atoms with Gasteiger partial charge in [0, 0.05) is 25.2 Å². The maximum Gasteiger partial charge on any atom is 0.328 e. The molecule has 2 N–H and O–H groups in total. The zero-order valence-electron chi connectivity index (χ0n) is 10.6. The van der Waals surface area contributed by atoms with Crippen molar-refractivity contribution >= 4 is 17.9 Å². The first-order valence-corrected chi connectivity index (χ1v) is 5.81. The standard InChI is InChI=1S/C12H18N2O4/c1-12(2)6-3-7-14(8-12)11(18)13-9(15)4-5-10(16)17/h4-5H,3,6-8H2,1-2H3,(H,16,17)(H,13,15,18). The van der Waals surface area contributed by atoms with Crippen molar-refractivity contribution in [3.8, 4) is 0 Å². The molecule has 1 aliphatic heterocycles. The Bertz CT molecular complexity index is 388. The summed E-state index contributed by atoms with van der Waals surface area (Å²) in [5, 5.41) is 10.5. The molecule has 1 saturated heterocycles. The van der Waals surface area contributed by atoms with E-state index < -0.39 is 17.9 Å². The Hall–Kier alpha value is -1.85. The van der Waals surface area contributed by atoms with Crippen LogP contribution < -0.4 is 5.32 Å². The number of carboxylic acids is 1. The minimum absolute atomic E-state index is 0.0511. The number of urea groups is 1. The smallest absolute Gasteiger partial charge is 0.328 e. The fourth-order valence-electron chi connectivity index (χ4n) is 1.97. The number of imide groups is 1. The van der Waals surface area contributed by atoms with Crippen LogP contribution in [0.1, 0.15) is 26.7 Å². The van der Waals surface area contributed by atoms with Crippen molar-refractivity contribution in [2.45, 2.75) is 26.7 Å². The summed E-state index contributed by atoms with van der Waals surface area (Å²) in [5.74, 6) is -1.94. The monoisotopic (exact) mass is 254 g/mol. The minimum atomic E-state index is -1.23. The van der Waals surface area contributed by atoms with Gasteiger partial charge in [0.25, 0.3) is 5.91 Å². The van der Waals surface area contributed by atoms with Gasteiger partial charge in [-0.2, -0.15) is 0 Å². The number of hydrogen-bond donors (Lipinski definition) is 2. The van der Waals surface area contributed by atoms with E-state index in [-0.39, 0.29) is 5.41 Å². The van der Waals surface area contributed by atoms with Gasteiger partial charge < -0.3 is 10.0 Å². The quantitative estimate of drug-likeness (QED) is 0.719. The van der Waals surface area contributed by atoms with Gasteiger partial charge in [0.15, 0.2) is 0 Å². The van der Waals surface area contributed by atoms with Crippen molar-refractivity contribution < 1.29 is 19.5 Å². The fraction of sp³-hybridized carbons (Fsp3) is 0.583. The Kier molecular flexibility index (Phi) is 4.47. The number of likely N-dealkylation sites (tertiary alicyclic amines) is 1. The molecule has 18 heavy (non-hydrogen) atoms. The van der Waals surface area contributed by atoms with Crippen molar-refractivity contribution in [2.75, 3.05) is 13.1 Å². The average molecular weight is 254 g/mol. The number of hydrogen-bond acceptors (Lipinski definition) is 3. The van der Waals surface area contributed by atoms with Crippen molar-refractivity contribution in [1.29, 1.82) is 0 Å². The van der Waals surface area contributed by atoms with E-state index >= 15 is 0 Å². The third-order valence-electron chi connectivity index (χ3n) is 2.80. The molecular weight excluding hydrogens is 236 g/mol. The Balaban J connectivity index is 2.50. The molecule has 0 unspecified atom stereocenters. The summed E-state index contributed by atoms with van der Waals surface area (Å²) >= 11 is 0. The summed E-state index contributed by atoms with van der Waals surface area (Å²) in [6.07, 6.45) is 3.47. The molecule has 0 spiro atoms. The van der Waals surface area contributed by atoms with Crippen LogP contribution in [-0.4, -0.2) is 41.0 Å². The number of nitrogens with one attached hydrogen (secondary N) is 1. The van der Waals surface area contributed by atoms with E-state index in [0.29, 0.717) is 19.2 Å². The van der Waals surface area contributed by atoms with Crippen molar-refractivity contribution in [3.63, 3.8) is 0 Å². The lowest BCUT2D eigenvalue weighted by Crippen LogP contribution is -2.49. The van der Waals surface area contributed by atoms with Gasteiger partial charge in [-0.1, -0.05) is 13.8 Å². The molecule has 1 heterocycles. The van der Waals surface area contributed by atoms with E-state index in [1.165, 1.54) is 0 Å². The van der Waals surface area contributed by atoms with E-state index in [4.69, 9.17) is 5.11 Å². The SMILES string of the molecule is CC1(C)CCCN(C(=O)NC(=O)C=CC(=O)O)C1. The fourth-order valence-corrected chi connectivity index (χ4v) is 1.97. The van der Waals surface area contributed by atoms with Crippen LogP contribution in [0, 0.1) is 5.41 Å². The second-order valence-electron chi connectivity index (χ2n) is 5.16. The maximum absolute atomic E-state index is 11.8. The van der Waals surface area contributed by atoms with Gasteiger partial charge in [-0.15, -0.1) is 0 Å². The molecule has 100 valence electrons. The van der Waals surface area contributed by atoms with E-state index in [2.05, 4.69) is 19.2 Å². The number of carboxylic acid groups (broad SMARTS) is 1. The number of amides is 3. The molecule has 3 amide bonds. The predicted octanol–water partition coefficient (Wildman–Crippen LogP) is 0.985. The molecule has 0 bridgehead atoms. The molecule has 1 fully saturated rings. The first-order valence-electron chi connectivity index (χ1n) is 5.81. The summed E-state index contributed by atoms with van der Waals surface area (Å²) in [5.41, 5.74) is 0.0511. The van der Waals surface area contributed by atoms with Gasteiger partial charge in [-0.05, 0) is 18.3 Å². The van der Waals surface area contributed by atoms with Crippen LogP contribution in [0.4, 0.5) is 4.79 Å². The van der Waals surface area contributed by atoms with E-state index in [0.717, 1.165) is 18.9 Å². The molecule has 0 aromatic heterocycles. The number of aliphatic carboxylic acids is 1. The highest BCUT2D eigenvalue weighted by Gasteiger charge is 2.29. The summed E-state index contributed by atoms with van der Waals surface area (Å²) in [4.78, 5) is 34.8. The molecule has 0 saturated carbocycles. The summed E-state index contributed by atoms with van der Waals surface area (Å²) in [6, 6.07) is -0.470. The molecule has 0 atom stereocenters. The zero-order valence-corrected chi connectivity index (χ0v) is 10.6. The molecule has 0 aromatic rings. The van der Waals surface area contributed by atoms with E-state index in [1.54, 1.807) is 4.90 Å². The highest BCUT2D eigenvalue weighted by molar-refractivity contribution is 6.02. The lowest BCUT2D eigenvalue weighted by Gasteiger charge is -2.37. The van der Waals surface area contributed by atoms with E-state index in [9.17, 15) is 14.4 Å². The van der Waals surface area contributed by atoms with Crippen LogP contribution in [0.15, 0.2) is 12.2 Å². The maximum atomic E-state index is 11.8. The normalized spacial score (nSPS) is 18.7. The first-order chi connectivity index (χ1) is 8.30. The summed E-state index contributed by atoms with van der Waals surface area (Å²) in [7, 11) is 0. The number of carbonyl (C=O) groups is 3. The van der Waals surface area contributed by atoms with Gasteiger partial charge in [-0.25, -0.2) is 9.59 Å². The van der Waals surface area contributed by atoms with Crippen LogP contribution in [0.25, 0.3) is 0 Å². The topological polar surface area (TPSA) is 86.7 Å². The van der Waals surface area contributed by atoms with E-state index in [1.807, 2.05) is 0 Å². The molecule has 6 nitrogen and oxygen atoms in total. The number of rotatable bonds is 2. The van der Waals surface area contributed by atoms with Crippen LogP contribution >= 0.6 is 0 Å². The summed E-state index contributed by atoms with van der Waals surface area (Å²) in [6.45, 7) is 5.34. The number of carbonyl (C=O) groups excluding carboxylic acids is 2. The Morgan fingerprint density at radius 3 is 2.50 bits per heavy atom. The molecule has 1 aliphatic rings. The van der Waals surface area contributed by atoms with Crippen molar-refractivity contribution in [3.05, 3.63) is 12.2 Å². The second-order valence-corrected chi connectivity index (χ2v) is 5.16. The Morgan fingerprint density at radius 1 is 1.28 bits per heavy atom. The second kappa shape index (κ2) is 5.66. The number of nitrogens with zero attached hydrogens (tertiary/aromatic N) is 1. The first kappa shape index (κ1) is 14.2. The lowest BCUT2D eigenvalue weighted by molar-refractivity contribution is -0.131. The molecule has 0 radical (unpaired) electrons. The highest BCUT2D eigenvalue weighted by atomic mass is 16.4. The molecule has 0 aromatic carbocycles. The molecular formula is C12H18N2O4. The van der Waals surface area contributed by atoms with Crippen LogP contribution in [-0.2, 0) is 9.59 Å². The van der Waals surface area contributed by atoms with Gasteiger partial charge in [0.1, 0.15) is 0 Å². The Labute approximate surface area is 106 Å². The van der Waals surface area contributed by atoms with Crippen LogP contribution in [0.2, 0.25) is 0 Å². The zero-order chi connectivity index (χ0) is 13.8. The lowest BCUT2D eigenvalue weighted by atomic mass is 9.84. The van der Waals surface area contributed by atoms with Crippen LogP contribution in [0.3, 0.4) is 0 Å². The third-order valence-corrected chi connectivity index (χ3v) is 2.80. The van der Waals surface area contributed by atoms with Crippen molar-refractivity contribution in [2.24, 2.45) is 5.41 Å². The van der Waals surface area contributed by atoms with Crippen molar-refractivity contribution in [1.82, 2.24) is 10.2 Å². The minimum Gasteiger partial charge on any atom is -0.478 e. The largest absolute Gasteiger partial charge is 0.478 e. The predicted molar refractivity (Wildman–Crippen MR) is 64.9 cm³/mol. The van der Waals surface area contributed by atoms with Gasteiger partial charge in [0.05, 0.1) is 0 Å². The summed E-state index contributed by atoms with van der Waals surface area (Å²) < 4.78 is 0. The number of piperidine rings is 1.